The number of fused-ring (bicyclic) bond motifs is 1. The van der Waals surface area contributed by atoms with E-state index in [0.717, 1.165) is 27.9 Å². The molecule has 4 heterocycles. The van der Waals surface area contributed by atoms with Crippen molar-refractivity contribution >= 4 is 33.9 Å². The lowest BCUT2D eigenvalue weighted by Gasteiger charge is -2.22. The van der Waals surface area contributed by atoms with E-state index in [1.54, 1.807) is 29.9 Å². The van der Waals surface area contributed by atoms with Gasteiger partial charge in [-0.25, -0.2) is 9.97 Å². The molecule has 0 spiro atoms. The van der Waals surface area contributed by atoms with Crippen molar-refractivity contribution in [1.82, 2.24) is 24.1 Å². The second-order valence-electron chi connectivity index (χ2n) is 9.98. The average Bonchev–Trinajstić information content (AvgIpc) is 3.47. The summed E-state index contributed by atoms with van der Waals surface area (Å²) in [6.45, 7) is 4.39. The summed E-state index contributed by atoms with van der Waals surface area (Å²) in [7, 11) is 1.70. The number of nitrogens with two attached hydrogens (primary N) is 1. The number of thiazole rings is 1. The zero-order valence-corrected chi connectivity index (χ0v) is 24.6. The van der Waals surface area contributed by atoms with Crippen molar-refractivity contribution in [2.75, 3.05) is 17.7 Å². The number of aryl methyl sites for hydroxylation is 1. The Morgan fingerprint density at radius 2 is 1.79 bits per heavy atom. The average molecular weight is 592 g/mol. The lowest BCUT2D eigenvalue weighted by atomic mass is 9.98. The first-order valence-electron chi connectivity index (χ1n) is 13.7. The van der Waals surface area contributed by atoms with Crippen LogP contribution in [0.4, 0.5) is 11.8 Å². The summed E-state index contributed by atoms with van der Waals surface area (Å²) < 4.78 is 8.73. The van der Waals surface area contributed by atoms with Crippen LogP contribution in [-0.4, -0.2) is 30.7 Å². The normalized spacial score (nSPS) is 11.9. The van der Waals surface area contributed by atoms with Crippen molar-refractivity contribution in [3.63, 3.8) is 0 Å². The van der Waals surface area contributed by atoms with Gasteiger partial charge in [0.15, 0.2) is 0 Å². The van der Waals surface area contributed by atoms with Gasteiger partial charge < -0.3 is 20.4 Å². The minimum Gasteiger partial charge on any atom is -0.470 e. The molecular formula is C32H29N7O3S. The fourth-order valence-corrected chi connectivity index (χ4v) is 5.79. The van der Waals surface area contributed by atoms with Crippen molar-refractivity contribution in [2.24, 2.45) is 7.05 Å². The van der Waals surface area contributed by atoms with Gasteiger partial charge in [-0.2, -0.15) is 4.98 Å². The van der Waals surface area contributed by atoms with E-state index in [0.29, 0.717) is 34.4 Å². The summed E-state index contributed by atoms with van der Waals surface area (Å²) in [5.74, 6) is 0.589. The van der Waals surface area contributed by atoms with Crippen molar-refractivity contribution < 1.29 is 4.74 Å². The summed E-state index contributed by atoms with van der Waals surface area (Å²) in [6.07, 6.45) is 1.75. The van der Waals surface area contributed by atoms with E-state index >= 15 is 0 Å². The largest absolute Gasteiger partial charge is 0.470 e. The standard InChI is InChI=1S/C32H29N7O3S/c1-4-42-32-36-25(18-43-32)24-16-27(37-31(33)35-24)34-19(2)26-15-20-9-8-12-23(21-13-14-28(40)38(3)17-21)29(20)30(41)39(26)22-10-6-5-7-11-22/h5-19H,4H2,1-3H3,(H3,33,34,35,37)/t19-/m0/s1. The van der Waals surface area contributed by atoms with Gasteiger partial charge in [0.1, 0.15) is 11.5 Å². The molecule has 0 fully saturated rings. The van der Waals surface area contributed by atoms with Crippen molar-refractivity contribution in [3.8, 4) is 33.4 Å². The first-order chi connectivity index (χ1) is 20.8. The monoisotopic (exact) mass is 591 g/mol. The van der Waals surface area contributed by atoms with Crippen LogP contribution >= 0.6 is 11.3 Å². The number of hydrogen-bond donors (Lipinski definition) is 2. The van der Waals surface area contributed by atoms with E-state index in [4.69, 9.17) is 10.5 Å². The Morgan fingerprint density at radius 1 is 0.977 bits per heavy atom. The highest BCUT2D eigenvalue weighted by molar-refractivity contribution is 7.11. The first kappa shape index (κ1) is 27.9. The number of ether oxygens (including phenoxy) is 1. The Kier molecular flexibility index (Phi) is 7.47. The minimum absolute atomic E-state index is 0.0963. The minimum atomic E-state index is -0.366. The van der Waals surface area contributed by atoms with Gasteiger partial charge in [-0.05, 0) is 54.6 Å². The molecule has 10 nitrogen and oxygen atoms in total. The zero-order valence-electron chi connectivity index (χ0n) is 23.8. The molecule has 0 amide bonds. The lowest BCUT2D eigenvalue weighted by molar-refractivity contribution is 0.338. The Bertz CT molecular complexity index is 2070. The van der Waals surface area contributed by atoms with Crippen LogP contribution in [0.2, 0.25) is 0 Å². The van der Waals surface area contributed by atoms with E-state index in [9.17, 15) is 9.59 Å². The second kappa shape index (κ2) is 11.5. The zero-order chi connectivity index (χ0) is 30.1. The van der Waals surface area contributed by atoms with Crippen LogP contribution in [0.15, 0.2) is 94.0 Å². The summed E-state index contributed by atoms with van der Waals surface area (Å²) in [6, 6.07) is 21.9. The van der Waals surface area contributed by atoms with E-state index in [-0.39, 0.29) is 23.1 Å². The molecule has 6 aromatic rings. The number of pyridine rings is 2. The van der Waals surface area contributed by atoms with Crippen LogP contribution in [-0.2, 0) is 7.05 Å². The molecule has 43 heavy (non-hydrogen) atoms. The number of nitrogen functional groups attached to an aromatic ring is 1. The number of anilines is 2. The molecule has 0 radical (unpaired) electrons. The topological polar surface area (TPSA) is 130 Å². The molecule has 0 saturated heterocycles. The second-order valence-corrected chi connectivity index (χ2v) is 10.8. The van der Waals surface area contributed by atoms with Crippen LogP contribution < -0.4 is 26.9 Å². The molecule has 6 rings (SSSR count). The highest BCUT2D eigenvalue weighted by atomic mass is 32.1. The number of benzene rings is 2. The van der Waals surface area contributed by atoms with E-state index in [2.05, 4.69) is 20.3 Å². The predicted molar refractivity (Wildman–Crippen MR) is 171 cm³/mol. The Balaban J connectivity index is 1.47. The molecule has 0 aliphatic heterocycles. The van der Waals surface area contributed by atoms with Crippen LogP contribution in [0, 0.1) is 0 Å². The molecule has 0 bridgehead atoms. The van der Waals surface area contributed by atoms with Gasteiger partial charge in [0.25, 0.3) is 10.8 Å². The van der Waals surface area contributed by atoms with Gasteiger partial charge in [0.2, 0.25) is 11.5 Å². The van der Waals surface area contributed by atoms with Crippen molar-refractivity contribution in [1.29, 1.82) is 0 Å². The number of rotatable bonds is 8. The molecule has 4 aromatic heterocycles. The summed E-state index contributed by atoms with van der Waals surface area (Å²) in [4.78, 5) is 39.7. The van der Waals surface area contributed by atoms with Gasteiger partial charge in [-0.1, -0.05) is 47.7 Å². The molecule has 3 N–H and O–H groups in total. The van der Waals surface area contributed by atoms with Gasteiger partial charge in [0, 0.05) is 42.1 Å². The first-order valence-corrected chi connectivity index (χ1v) is 14.6. The fourth-order valence-electron chi connectivity index (χ4n) is 5.07. The maximum Gasteiger partial charge on any atom is 0.273 e. The van der Waals surface area contributed by atoms with Crippen molar-refractivity contribution in [3.05, 3.63) is 111 Å². The van der Waals surface area contributed by atoms with Crippen LogP contribution in [0.3, 0.4) is 0 Å². The maximum atomic E-state index is 14.4. The van der Waals surface area contributed by atoms with Gasteiger partial charge in [-0.15, -0.1) is 0 Å². The molecule has 0 saturated carbocycles. The van der Waals surface area contributed by atoms with Gasteiger partial charge >= 0.3 is 0 Å². The number of nitrogens with one attached hydrogen (secondary N) is 1. The quantitative estimate of drug-likeness (QED) is 0.240. The number of aromatic nitrogens is 5. The fraction of sp³-hybridized carbons (Fsp3) is 0.156. The predicted octanol–water partition coefficient (Wildman–Crippen LogP) is 5.42. The third-order valence-corrected chi connectivity index (χ3v) is 7.80. The smallest absolute Gasteiger partial charge is 0.273 e. The molecule has 216 valence electrons. The lowest BCUT2D eigenvalue weighted by Crippen LogP contribution is -2.26. The Labute approximate surface area is 251 Å². The molecule has 1 atom stereocenters. The molecular weight excluding hydrogens is 562 g/mol. The van der Waals surface area contributed by atoms with Crippen molar-refractivity contribution in [2.45, 2.75) is 19.9 Å². The SMILES string of the molecule is CCOc1nc(-c2cc(N[C@@H](C)c3cc4cccc(-c5ccc(=O)n(C)c5)c4c(=O)n3-c3ccccc3)nc(N)n2)cs1. The highest BCUT2D eigenvalue weighted by Crippen LogP contribution is 2.31. The maximum absolute atomic E-state index is 14.4. The van der Waals surface area contributed by atoms with Crippen LogP contribution in [0.25, 0.3) is 39.0 Å². The number of para-hydroxylation sites is 1. The third kappa shape index (κ3) is 5.50. The Morgan fingerprint density at radius 3 is 2.56 bits per heavy atom. The molecule has 0 aliphatic rings. The van der Waals surface area contributed by atoms with E-state index in [1.807, 2.05) is 73.8 Å². The van der Waals surface area contributed by atoms with E-state index < -0.39 is 0 Å². The van der Waals surface area contributed by atoms with Gasteiger partial charge in [0.05, 0.1) is 23.7 Å². The highest BCUT2D eigenvalue weighted by Gasteiger charge is 2.20. The molecule has 11 heteroatoms. The summed E-state index contributed by atoms with van der Waals surface area (Å²) >= 11 is 1.38. The molecule has 0 unspecified atom stereocenters. The van der Waals surface area contributed by atoms with E-state index in [1.165, 1.54) is 22.0 Å². The third-order valence-electron chi connectivity index (χ3n) is 7.05. The number of hydrogen-bond acceptors (Lipinski definition) is 9. The molecule has 2 aromatic carbocycles. The summed E-state index contributed by atoms with van der Waals surface area (Å²) in [5.41, 5.74) is 9.98. The van der Waals surface area contributed by atoms with Gasteiger partial charge in [-0.3, -0.25) is 14.2 Å². The number of nitrogens with zero attached hydrogens (tertiary/aromatic N) is 5. The Hall–Kier alpha value is -5.29. The summed E-state index contributed by atoms with van der Waals surface area (Å²) in [5, 5.41) is 7.17. The van der Waals surface area contributed by atoms with Crippen LogP contribution in [0.5, 0.6) is 5.19 Å². The van der Waals surface area contributed by atoms with Crippen LogP contribution in [0.1, 0.15) is 25.6 Å². The molecule has 0 aliphatic carbocycles.